The topological polar surface area (TPSA) is 69.7 Å². The van der Waals surface area contributed by atoms with Gasteiger partial charge in [0.2, 0.25) is 15.9 Å². The van der Waals surface area contributed by atoms with Gasteiger partial charge in [0.25, 0.3) is 0 Å². The first-order valence-corrected chi connectivity index (χ1v) is 8.79. The maximum atomic E-state index is 12.8. The lowest BCUT2D eigenvalue weighted by Crippen LogP contribution is -2.50. The fraction of sp³-hybridized carbons (Fsp3) is 0.533. The predicted molar refractivity (Wildman–Crippen MR) is 85.2 cm³/mol. The second kappa shape index (κ2) is 6.76. The van der Waals surface area contributed by atoms with E-state index in [2.05, 4.69) is 5.32 Å². The van der Waals surface area contributed by atoms with Crippen LogP contribution in [0.4, 0.5) is 0 Å². The van der Waals surface area contributed by atoms with Crippen molar-refractivity contribution < 1.29 is 13.2 Å². The highest BCUT2D eigenvalue weighted by atomic mass is 32.2. The summed E-state index contributed by atoms with van der Waals surface area (Å²) in [6, 6.07) is 5.47. The van der Waals surface area contributed by atoms with Gasteiger partial charge in [-0.15, -0.1) is 0 Å². The van der Waals surface area contributed by atoms with Crippen molar-refractivity contribution >= 4 is 15.9 Å². The number of benzene rings is 1. The van der Waals surface area contributed by atoms with Crippen molar-refractivity contribution in [2.24, 2.45) is 0 Å². The number of hydrogen-bond acceptors (Lipinski definition) is 4. The third kappa shape index (κ3) is 3.66. The second-order valence-electron chi connectivity index (χ2n) is 5.62. The molecular formula is C15H23N3O3S. The van der Waals surface area contributed by atoms with Gasteiger partial charge < -0.3 is 5.32 Å². The van der Waals surface area contributed by atoms with Crippen LogP contribution in [0.3, 0.4) is 0 Å². The lowest BCUT2D eigenvalue weighted by atomic mass is 10.2. The van der Waals surface area contributed by atoms with Crippen molar-refractivity contribution in [2.45, 2.75) is 18.7 Å². The molecule has 0 aromatic heterocycles. The van der Waals surface area contributed by atoms with Crippen LogP contribution in [0, 0.1) is 13.8 Å². The van der Waals surface area contributed by atoms with Gasteiger partial charge in [-0.1, -0.05) is 12.1 Å². The molecule has 1 amide bonds. The van der Waals surface area contributed by atoms with Gasteiger partial charge in [-0.05, 0) is 31.0 Å². The van der Waals surface area contributed by atoms with Crippen molar-refractivity contribution in [3.05, 3.63) is 29.3 Å². The molecule has 2 rings (SSSR count). The lowest BCUT2D eigenvalue weighted by Gasteiger charge is -2.33. The highest BCUT2D eigenvalue weighted by molar-refractivity contribution is 7.89. The average molecular weight is 325 g/mol. The molecule has 1 fully saturated rings. The Hall–Kier alpha value is -1.44. The summed E-state index contributed by atoms with van der Waals surface area (Å²) >= 11 is 0. The first kappa shape index (κ1) is 16.9. The summed E-state index contributed by atoms with van der Waals surface area (Å²) in [5.74, 6) is -0.0502. The van der Waals surface area contributed by atoms with Crippen LogP contribution in [0.1, 0.15) is 11.1 Å². The quantitative estimate of drug-likeness (QED) is 0.867. The smallest absolute Gasteiger partial charge is 0.243 e. The van der Waals surface area contributed by atoms with Gasteiger partial charge in [0.15, 0.2) is 0 Å². The number of sulfonamides is 1. The van der Waals surface area contributed by atoms with E-state index in [1.165, 1.54) is 4.31 Å². The van der Waals surface area contributed by atoms with Crippen LogP contribution >= 0.6 is 0 Å². The summed E-state index contributed by atoms with van der Waals surface area (Å²) in [5.41, 5.74) is 1.70. The van der Waals surface area contributed by atoms with Gasteiger partial charge in [0.05, 0.1) is 11.4 Å². The van der Waals surface area contributed by atoms with E-state index in [0.717, 1.165) is 11.1 Å². The number of likely N-dealkylation sites (N-methyl/N-ethyl adjacent to an activating group) is 1. The largest absolute Gasteiger partial charge is 0.358 e. The van der Waals surface area contributed by atoms with Crippen LogP contribution in [0.2, 0.25) is 0 Å². The molecule has 1 N–H and O–H groups in total. The molecule has 7 heteroatoms. The molecule has 0 saturated carbocycles. The molecule has 0 atom stereocenters. The van der Waals surface area contributed by atoms with E-state index >= 15 is 0 Å². The molecule has 1 aliphatic heterocycles. The Morgan fingerprint density at radius 1 is 1.18 bits per heavy atom. The van der Waals surface area contributed by atoms with E-state index in [-0.39, 0.29) is 5.91 Å². The van der Waals surface area contributed by atoms with Gasteiger partial charge >= 0.3 is 0 Å². The zero-order valence-electron chi connectivity index (χ0n) is 13.3. The molecule has 6 nitrogen and oxygen atoms in total. The van der Waals surface area contributed by atoms with Crippen LogP contribution in [0.15, 0.2) is 23.1 Å². The first-order chi connectivity index (χ1) is 10.3. The zero-order chi connectivity index (χ0) is 16.3. The fourth-order valence-electron chi connectivity index (χ4n) is 2.53. The number of rotatable bonds is 4. The van der Waals surface area contributed by atoms with E-state index in [9.17, 15) is 13.2 Å². The molecule has 0 aliphatic carbocycles. The monoisotopic (exact) mass is 325 g/mol. The van der Waals surface area contributed by atoms with Crippen molar-refractivity contribution in [2.75, 3.05) is 39.8 Å². The molecule has 1 saturated heterocycles. The fourth-order valence-corrected chi connectivity index (χ4v) is 4.27. The molecule has 1 aromatic carbocycles. The average Bonchev–Trinajstić information content (AvgIpc) is 2.50. The maximum Gasteiger partial charge on any atom is 0.243 e. The number of hydrogen-bond donors (Lipinski definition) is 1. The Kier molecular flexibility index (Phi) is 5.20. The van der Waals surface area contributed by atoms with E-state index in [1.54, 1.807) is 13.1 Å². The number of nitrogens with zero attached hydrogens (tertiary/aromatic N) is 2. The Balaban J connectivity index is 2.10. The molecular weight excluding hydrogens is 302 g/mol. The number of aryl methyl sites for hydroxylation is 2. The molecule has 1 heterocycles. The van der Waals surface area contributed by atoms with E-state index < -0.39 is 10.0 Å². The summed E-state index contributed by atoms with van der Waals surface area (Å²) in [7, 11) is -1.87. The first-order valence-electron chi connectivity index (χ1n) is 7.35. The lowest BCUT2D eigenvalue weighted by molar-refractivity contribution is -0.122. The Labute approximate surface area is 132 Å². The summed E-state index contributed by atoms with van der Waals surface area (Å²) < 4.78 is 27.1. The number of nitrogens with one attached hydrogen (secondary N) is 1. The third-order valence-electron chi connectivity index (χ3n) is 3.94. The van der Waals surface area contributed by atoms with Crippen LogP contribution in [0.5, 0.6) is 0 Å². The summed E-state index contributed by atoms with van der Waals surface area (Å²) in [4.78, 5) is 13.7. The number of carbonyl (C=O) groups excluding carboxylic acids is 1. The standard InChI is InChI=1S/C15H23N3O3S/c1-12-4-5-13(2)14(10-12)22(20,21)18-8-6-17(7-9-18)11-15(19)16-3/h4-5,10H,6-9,11H2,1-3H3,(H,16,19). The molecule has 122 valence electrons. The maximum absolute atomic E-state index is 12.8. The van der Waals surface area contributed by atoms with Crippen molar-refractivity contribution in [3.8, 4) is 0 Å². The van der Waals surface area contributed by atoms with Crippen LogP contribution < -0.4 is 5.32 Å². The van der Waals surface area contributed by atoms with Gasteiger partial charge in [-0.2, -0.15) is 4.31 Å². The Morgan fingerprint density at radius 2 is 1.82 bits per heavy atom. The molecule has 0 spiro atoms. The highest BCUT2D eigenvalue weighted by Crippen LogP contribution is 2.22. The van der Waals surface area contributed by atoms with Gasteiger partial charge in [0, 0.05) is 33.2 Å². The number of carbonyl (C=O) groups is 1. The van der Waals surface area contributed by atoms with Crippen molar-refractivity contribution in [3.63, 3.8) is 0 Å². The number of amides is 1. The predicted octanol–water partition coefficient (Wildman–Crippen LogP) is 0.356. The SMILES string of the molecule is CNC(=O)CN1CCN(S(=O)(=O)c2cc(C)ccc2C)CC1. The minimum atomic E-state index is -3.47. The van der Waals surface area contributed by atoms with E-state index in [1.807, 2.05) is 30.9 Å². The molecule has 22 heavy (non-hydrogen) atoms. The van der Waals surface area contributed by atoms with E-state index in [0.29, 0.717) is 37.6 Å². The van der Waals surface area contributed by atoms with Crippen molar-refractivity contribution in [1.29, 1.82) is 0 Å². The summed E-state index contributed by atoms with van der Waals surface area (Å²) in [6.07, 6.45) is 0. The Morgan fingerprint density at radius 3 is 2.41 bits per heavy atom. The Bertz CT molecular complexity index is 650. The van der Waals surface area contributed by atoms with Crippen molar-refractivity contribution in [1.82, 2.24) is 14.5 Å². The second-order valence-corrected chi connectivity index (χ2v) is 7.53. The minimum Gasteiger partial charge on any atom is -0.358 e. The molecule has 0 bridgehead atoms. The molecule has 0 radical (unpaired) electrons. The van der Waals surface area contributed by atoms with Gasteiger partial charge in [-0.3, -0.25) is 9.69 Å². The van der Waals surface area contributed by atoms with E-state index in [4.69, 9.17) is 0 Å². The zero-order valence-corrected chi connectivity index (χ0v) is 14.1. The molecule has 1 aliphatic rings. The number of piperazine rings is 1. The normalized spacial score (nSPS) is 17.4. The molecule has 1 aromatic rings. The van der Waals surface area contributed by atoms with Crippen LogP contribution in [-0.2, 0) is 14.8 Å². The highest BCUT2D eigenvalue weighted by Gasteiger charge is 2.29. The third-order valence-corrected chi connectivity index (χ3v) is 5.98. The van der Waals surface area contributed by atoms with Crippen LogP contribution in [-0.4, -0.2) is 63.3 Å². The summed E-state index contributed by atoms with van der Waals surface area (Å²) in [6.45, 7) is 5.97. The molecule has 0 unspecified atom stereocenters. The van der Waals surface area contributed by atoms with Crippen LogP contribution in [0.25, 0.3) is 0 Å². The minimum absolute atomic E-state index is 0.0502. The van der Waals surface area contributed by atoms with Gasteiger partial charge in [-0.25, -0.2) is 8.42 Å². The van der Waals surface area contributed by atoms with Gasteiger partial charge in [0.1, 0.15) is 0 Å². The summed E-state index contributed by atoms with van der Waals surface area (Å²) in [5, 5.41) is 2.58.